The predicted molar refractivity (Wildman–Crippen MR) is 105 cm³/mol. The van der Waals surface area contributed by atoms with E-state index in [9.17, 15) is 18.0 Å². The Morgan fingerprint density at radius 3 is 2.47 bits per heavy atom. The minimum Gasteiger partial charge on any atom is -0.347 e. The van der Waals surface area contributed by atoms with Gasteiger partial charge in [0.1, 0.15) is 11.4 Å². The standard InChI is InChI=1S/C21H16F3N5O/c22-21(23,24)16-9-25-20(26-15-5-6-17-14(7-15)8-18(30)27-17)28-19(16)29-10-12-3-1-2-4-13(12)11-29/h1-7,9H,8,10-11H2,(H,27,30)(H,25,26,28). The fourth-order valence-electron chi connectivity index (χ4n) is 3.79. The van der Waals surface area contributed by atoms with Crippen molar-refractivity contribution in [2.24, 2.45) is 0 Å². The highest BCUT2D eigenvalue weighted by molar-refractivity contribution is 5.99. The lowest BCUT2D eigenvalue weighted by Crippen LogP contribution is -2.22. The number of rotatable bonds is 3. The van der Waals surface area contributed by atoms with E-state index in [-0.39, 0.29) is 24.1 Å². The summed E-state index contributed by atoms with van der Waals surface area (Å²) in [5, 5.41) is 5.69. The van der Waals surface area contributed by atoms with Gasteiger partial charge in [-0.15, -0.1) is 0 Å². The van der Waals surface area contributed by atoms with Crippen LogP contribution in [0.1, 0.15) is 22.3 Å². The number of carbonyl (C=O) groups excluding carboxylic acids is 1. The highest BCUT2D eigenvalue weighted by Gasteiger charge is 2.38. The summed E-state index contributed by atoms with van der Waals surface area (Å²) in [6.45, 7) is 0.699. The summed E-state index contributed by atoms with van der Waals surface area (Å²) in [5.41, 5.74) is 3.23. The number of anilines is 4. The lowest BCUT2D eigenvalue weighted by molar-refractivity contribution is -0.137. The molecule has 0 radical (unpaired) electrons. The molecule has 0 saturated carbocycles. The molecule has 2 aliphatic heterocycles. The molecule has 3 heterocycles. The fourth-order valence-corrected chi connectivity index (χ4v) is 3.79. The third kappa shape index (κ3) is 3.32. The van der Waals surface area contributed by atoms with Crippen molar-refractivity contribution < 1.29 is 18.0 Å². The molecule has 0 spiro atoms. The molecule has 5 rings (SSSR count). The molecule has 1 amide bonds. The molecule has 1 aromatic heterocycles. The van der Waals surface area contributed by atoms with Crippen molar-refractivity contribution >= 4 is 29.0 Å². The Bertz CT molecular complexity index is 1140. The van der Waals surface area contributed by atoms with Crippen LogP contribution in [0.15, 0.2) is 48.7 Å². The number of nitrogens with one attached hydrogen (secondary N) is 2. The van der Waals surface area contributed by atoms with E-state index in [1.54, 1.807) is 23.1 Å². The van der Waals surface area contributed by atoms with Gasteiger partial charge < -0.3 is 15.5 Å². The maximum absolute atomic E-state index is 13.6. The van der Waals surface area contributed by atoms with Crippen molar-refractivity contribution in [3.63, 3.8) is 0 Å². The molecule has 2 aliphatic rings. The van der Waals surface area contributed by atoms with Crippen molar-refractivity contribution in [1.82, 2.24) is 9.97 Å². The molecule has 2 N–H and O–H groups in total. The van der Waals surface area contributed by atoms with E-state index in [0.717, 1.165) is 28.6 Å². The van der Waals surface area contributed by atoms with Gasteiger partial charge in [-0.25, -0.2) is 4.98 Å². The van der Waals surface area contributed by atoms with Crippen LogP contribution >= 0.6 is 0 Å². The zero-order chi connectivity index (χ0) is 20.9. The van der Waals surface area contributed by atoms with Crippen LogP contribution in [-0.2, 0) is 30.5 Å². The molecule has 6 nitrogen and oxygen atoms in total. The number of alkyl halides is 3. The second-order valence-corrected chi connectivity index (χ2v) is 7.28. The first-order chi connectivity index (χ1) is 14.4. The van der Waals surface area contributed by atoms with Gasteiger partial charge in [0.15, 0.2) is 0 Å². The van der Waals surface area contributed by atoms with Gasteiger partial charge in [-0.1, -0.05) is 24.3 Å². The highest BCUT2D eigenvalue weighted by atomic mass is 19.4. The monoisotopic (exact) mass is 411 g/mol. The number of fused-ring (bicyclic) bond motifs is 2. The lowest BCUT2D eigenvalue weighted by Gasteiger charge is -2.22. The Hall–Kier alpha value is -3.62. The average Bonchev–Trinajstić information content (AvgIpc) is 3.29. The number of amides is 1. The number of benzene rings is 2. The van der Waals surface area contributed by atoms with Gasteiger partial charge in [-0.05, 0) is 34.9 Å². The minimum absolute atomic E-state index is 0.0613. The van der Waals surface area contributed by atoms with E-state index < -0.39 is 11.7 Å². The van der Waals surface area contributed by atoms with Gasteiger partial charge in [0, 0.05) is 30.7 Å². The highest BCUT2D eigenvalue weighted by Crippen LogP contribution is 2.38. The molecule has 0 saturated heterocycles. The van der Waals surface area contributed by atoms with E-state index in [2.05, 4.69) is 20.6 Å². The van der Waals surface area contributed by atoms with E-state index in [4.69, 9.17) is 0 Å². The van der Waals surface area contributed by atoms with Crippen LogP contribution in [0.3, 0.4) is 0 Å². The van der Waals surface area contributed by atoms with Crippen molar-refractivity contribution in [2.75, 3.05) is 15.5 Å². The molecule has 152 valence electrons. The second kappa shape index (κ2) is 6.72. The van der Waals surface area contributed by atoms with Gasteiger partial charge >= 0.3 is 6.18 Å². The van der Waals surface area contributed by atoms with E-state index in [0.29, 0.717) is 18.8 Å². The molecule has 2 aromatic carbocycles. The molecular weight excluding hydrogens is 395 g/mol. The number of halogens is 3. The van der Waals surface area contributed by atoms with E-state index in [1.807, 2.05) is 24.3 Å². The molecule has 0 fully saturated rings. The second-order valence-electron chi connectivity index (χ2n) is 7.28. The molecule has 30 heavy (non-hydrogen) atoms. The van der Waals surface area contributed by atoms with E-state index in [1.165, 1.54) is 0 Å². The van der Waals surface area contributed by atoms with Gasteiger partial charge in [0.2, 0.25) is 11.9 Å². The summed E-state index contributed by atoms with van der Waals surface area (Å²) < 4.78 is 40.8. The van der Waals surface area contributed by atoms with Gasteiger partial charge in [0.25, 0.3) is 0 Å². The van der Waals surface area contributed by atoms with Crippen molar-refractivity contribution in [1.29, 1.82) is 0 Å². The normalized spacial score (nSPS) is 15.0. The summed E-state index contributed by atoms with van der Waals surface area (Å²) in [7, 11) is 0. The van der Waals surface area contributed by atoms with Crippen molar-refractivity contribution in [3.05, 3.63) is 70.9 Å². The lowest BCUT2D eigenvalue weighted by atomic mass is 10.1. The molecule has 0 aliphatic carbocycles. The third-order valence-corrected chi connectivity index (χ3v) is 5.20. The Kier molecular flexibility index (Phi) is 4.12. The van der Waals surface area contributed by atoms with Crippen molar-refractivity contribution in [2.45, 2.75) is 25.7 Å². The smallest absolute Gasteiger partial charge is 0.347 e. The van der Waals surface area contributed by atoms with E-state index >= 15 is 0 Å². The molecule has 0 bridgehead atoms. The molecular formula is C21H16F3N5O. The van der Waals surface area contributed by atoms with Gasteiger partial charge in [-0.2, -0.15) is 18.2 Å². The zero-order valence-corrected chi connectivity index (χ0v) is 15.6. The fraction of sp³-hybridized carbons (Fsp3) is 0.190. The Labute approximate surface area is 169 Å². The van der Waals surface area contributed by atoms with Crippen LogP contribution in [0.2, 0.25) is 0 Å². The number of hydrogen-bond donors (Lipinski definition) is 2. The maximum Gasteiger partial charge on any atom is 0.421 e. The largest absolute Gasteiger partial charge is 0.421 e. The zero-order valence-electron chi connectivity index (χ0n) is 15.6. The summed E-state index contributed by atoms with van der Waals surface area (Å²) in [6, 6.07) is 12.8. The first kappa shape index (κ1) is 18.4. The van der Waals surface area contributed by atoms with Crippen LogP contribution in [0.4, 0.5) is 36.3 Å². The topological polar surface area (TPSA) is 70.2 Å². The number of aromatic nitrogens is 2. The summed E-state index contributed by atoms with van der Waals surface area (Å²) in [6.07, 6.45) is -3.50. The van der Waals surface area contributed by atoms with Crippen LogP contribution < -0.4 is 15.5 Å². The number of hydrogen-bond acceptors (Lipinski definition) is 5. The quantitative estimate of drug-likeness (QED) is 0.674. The first-order valence-electron chi connectivity index (χ1n) is 9.32. The summed E-state index contributed by atoms with van der Waals surface area (Å²) in [5.74, 6) is -0.191. The Morgan fingerprint density at radius 1 is 1.03 bits per heavy atom. The Morgan fingerprint density at radius 2 is 1.77 bits per heavy atom. The summed E-state index contributed by atoms with van der Waals surface area (Å²) in [4.78, 5) is 21.2. The van der Waals surface area contributed by atoms with Gasteiger partial charge in [-0.3, -0.25) is 4.79 Å². The van der Waals surface area contributed by atoms with Crippen molar-refractivity contribution in [3.8, 4) is 0 Å². The van der Waals surface area contributed by atoms with Crippen LogP contribution in [0.25, 0.3) is 0 Å². The third-order valence-electron chi connectivity index (χ3n) is 5.20. The molecule has 9 heteroatoms. The predicted octanol–water partition coefficient (Wildman–Crippen LogP) is 4.25. The van der Waals surface area contributed by atoms with Crippen LogP contribution in [0, 0.1) is 0 Å². The molecule has 0 unspecified atom stereocenters. The maximum atomic E-state index is 13.6. The SMILES string of the molecule is O=C1Cc2cc(Nc3ncc(C(F)(F)F)c(N4Cc5ccccc5C4)n3)ccc2N1. The minimum atomic E-state index is -4.57. The Balaban J connectivity index is 1.47. The summed E-state index contributed by atoms with van der Waals surface area (Å²) >= 11 is 0. The number of nitrogens with zero attached hydrogens (tertiary/aromatic N) is 3. The molecule has 3 aromatic rings. The average molecular weight is 411 g/mol. The molecule has 0 atom stereocenters. The van der Waals surface area contributed by atoms with Crippen LogP contribution in [0.5, 0.6) is 0 Å². The van der Waals surface area contributed by atoms with Gasteiger partial charge in [0.05, 0.1) is 6.42 Å². The van der Waals surface area contributed by atoms with Crippen LogP contribution in [-0.4, -0.2) is 15.9 Å². The number of carbonyl (C=O) groups is 1. The first-order valence-corrected chi connectivity index (χ1v) is 9.32.